The van der Waals surface area contributed by atoms with Crippen LogP contribution in [0.25, 0.3) is 128 Å². The van der Waals surface area contributed by atoms with Gasteiger partial charge in [-0.2, -0.15) is 0 Å². The second-order valence-electron chi connectivity index (χ2n) is 16.0. The van der Waals surface area contributed by atoms with Gasteiger partial charge < -0.3 is 13.4 Å². The Morgan fingerprint density at radius 1 is 0.270 bits per heavy atom. The summed E-state index contributed by atoms with van der Waals surface area (Å²) >= 11 is 0. The van der Waals surface area contributed by atoms with Gasteiger partial charge in [-0.15, -0.1) is 0 Å². The Kier molecular flexibility index (Phi) is 7.80. The van der Waals surface area contributed by atoms with E-state index in [4.69, 9.17) is 23.8 Å². The minimum Gasteiger partial charge on any atom is -0.456 e. The van der Waals surface area contributed by atoms with Crippen LogP contribution in [-0.2, 0) is 0 Å². The zero-order valence-corrected chi connectivity index (χ0v) is 33.7. The first-order valence-electron chi connectivity index (χ1n) is 21.1. The van der Waals surface area contributed by atoms with Crippen molar-refractivity contribution in [1.29, 1.82) is 0 Å². The smallest absolute Gasteiger partial charge is 0.164 e. The van der Waals surface area contributed by atoms with Gasteiger partial charge in [0, 0.05) is 54.7 Å². The number of furan rings is 2. The molecule has 0 atom stereocenters. The molecule has 0 spiro atoms. The van der Waals surface area contributed by atoms with Gasteiger partial charge in [-0.05, 0) is 95.1 Å². The van der Waals surface area contributed by atoms with Gasteiger partial charge in [-0.1, -0.05) is 133 Å². The summed E-state index contributed by atoms with van der Waals surface area (Å²) in [5.74, 6) is 1.82. The molecule has 13 aromatic rings. The van der Waals surface area contributed by atoms with Crippen molar-refractivity contribution in [3.8, 4) is 62.1 Å². The van der Waals surface area contributed by atoms with E-state index in [1.165, 1.54) is 5.39 Å². The van der Waals surface area contributed by atoms with Crippen molar-refractivity contribution in [2.24, 2.45) is 0 Å². The maximum absolute atomic E-state index is 6.27. The highest BCUT2D eigenvalue weighted by Gasteiger charge is 2.19. The first kappa shape index (κ1) is 35.2. The quantitative estimate of drug-likeness (QED) is 0.167. The summed E-state index contributed by atoms with van der Waals surface area (Å²) in [5.41, 5.74) is 13.8. The van der Waals surface area contributed by atoms with Crippen molar-refractivity contribution in [2.45, 2.75) is 0 Å². The summed E-state index contributed by atoms with van der Waals surface area (Å²) in [6.45, 7) is 0. The van der Waals surface area contributed by atoms with Crippen LogP contribution in [0.15, 0.2) is 215 Å². The summed E-state index contributed by atoms with van der Waals surface area (Å²) in [7, 11) is 0. The second-order valence-corrected chi connectivity index (χ2v) is 16.0. The SMILES string of the molecule is c1ccc(-c2nc(-c3ccccc3)nc(-c3cc(-c4ccc5oc6ccccc6c5c4)cc(-n4c5ccccc5c5cc(-c6ccc7oc8ccccc8c7c6)ccc54)c3)n2)cc1. The third kappa shape index (κ3) is 5.84. The highest BCUT2D eigenvalue weighted by Crippen LogP contribution is 2.40. The third-order valence-electron chi connectivity index (χ3n) is 12.2. The van der Waals surface area contributed by atoms with Crippen molar-refractivity contribution < 1.29 is 8.83 Å². The van der Waals surface area contributed by atoms with Gasteiger partial charge in [0.2, 0.25) is 0 Å². The molecule has 0 saturated heterocycles. The van der Waals surface area contributed by atoms with Gasteiger partial charge in [0.15, 0.2) is 17.5 Å². The van der Waals surface area contributed by atoms with E-state index < -0.39 is 0 Å². The van der Waals surface area contributed by atoms with Gasteiger partial charge in [-0.3, -0.25) is 0 Å². The molecule has 294 valence electrons. The highest BCUT2D eigenvalue weighted by molar-refractivity contribution is 6.12. The predicted octanol–water partition coefficient (Wildman–Crippen LogP) is 15.1. The highest BCUT2D eigenvalue weighted by atomic mass is 16.3. The van der Waals surface area contributed by atoms with Crippen LogP contribution in [0, 0.1) is 0 Å². The molecule has 0 fully saturated rings. The van der Waals surface area contributed by atoms with Crippen molar-refractivity contribution in [1.82, 2.24) is 19.5 Å². The van der Waals surface area contributed by atoms with Crippen LogP contribution in [0.3, 0.4) is 0 Å². The number of nitrogens with zero attached hydrogens (tertiary/aromatic N) is 4. The molecule has 0 radical (unpaired) electrons. The van der Waals surface area contributed by atoms with Gasteiger partial charge in [0.1, 0.15) is 22.3 Å². The van der Waals surface area contributed by atoms with E-state index >= 15 is 0 Å². The van der Waals surface area contributed by atoms with E-state index in [0.29, 0.717) is 17.5 Å². The average Bonchev–Trinajstić information content (AvgIpc) is 4.03. The van der Waals surface area contributed by atoms with Gasteiger partial charge in [0.25, 0.3) is 0 Å². The fraction of sp³-hybridized carbons (Fsp3) is 0. The molecule has 9 aromatic carbocycles. The Hall–Kier alpha value is -8.61. The van der Waals surface area contributed by atoms with E-state index in [0.717, 1.165) is 105 Å². The average molecular weight is 807 g/mol. The molecule has 0 aliphatic carbocycles. The van der Waals surface area contributed by atoms with Crippen LogP contribution in [0.4, 0.5) is 0 Å². The van der Waals surface area contributed by atoms with Crippen molar-refractivity contribution in [3.63, 3.8) is 0 Å². The van der Waals surface area contributed by atoms with E-state index in [1.54, 1.807) is 0 Å². The van der Waals surface area contributed by atoms with E-state index in [2.05, 4.69) is 126 Å². The Balaban J connectivity index is 1.04. The summed E-state index contributed by atoms with van der Waals surface area (Å²) < 4.78 is 14.8. The number of para-hydroxylation sites is 3. The van der Waals surface area contributed by atoms with Crippen LogP contribution in [0.1, 0.15) is 0 Å². The van der Waals surface area contributed by atoms with Crippen LogP contribution in [0.5, 0.6) is 0 Å². The first-order valence-corrected chi connectivity index (χ1v) is 21.1. The van der Waals surface area contributed by atoms with Crippen molar-refractivity contribution in [2.75, 3.05) is 0 Å². The van der Waals surface area contributed by atoms with E-state index in [9.17, 15) is 0 Å². The molecule has 0 N–H and O–H groups in total. The standard InChI is InChI=1S/C57H34N4O2/c1-3-13-35(14-4-1)55-58-56(36-15-5-2-6-16-36)60-57(59-55)41-29-40(39-25-28-54-48(34-39)45-19-9-12-22-52(45)63-54)30-42(31-41)61-49-20-10-7-17-43(49)46-32-37(23-26-50(46)61)38-24-27-53-47(33-38)44-18-8-11-21-51(44)62-53/h1-34H. The lowest BCUT2D eigenvalue weighted by Gasteiger charge is -2.15. The van der Waals surface area contributed by atoms with E-state index in [1.807, 2.05) is 84.9 Å². The normalized spacial score (nSPS) is 11.8. The largest absolute Gasteiger partial charge is 0.456 e. The lowest BCUT2D eigenvalue weighted by molar-refractivity contribution is 0.668. The molecule has 6 nitrogen and oxygen atoms in total. The number of aromatic nitrogens is 4. The topological polar surface area (TPSA) is 69.9 Å². The Labute approximate surface area is 361 Å². The van der Waals surface area contributed by atoms with E-state index in [-0.39, 0.29) is 0 Å². The van der Waals surface area contributed by atoms with Crippen LogP contribution in [0.2, 0.25) is 0 Å². The zero-order chi connectivity index (χ0) is 41.4. The molecule has 13 rings (SSSR count). The van der Waals surface area contributed by atoms with Gasteiger partial charge in [-0.25, -0.2) is 15.0 Å². The minimum absolute atomic E-state index is 0.589. The van der Waals surface area contributed by atoms with Gasteiger partial charge in [0.05, 0.1) is 11.0 Å². The van der Waals surface area contributed by atoms with Crippen LogP contribution >= 0.6 is 0 Å². The van der Waals surface area contributed by atoms with Crippen LogP contribution in [-0.4, -0.2) is 19.5 Å². The number of hydrogen-bond donors (Lipinski definition) is 0. The molecule has 0 aliphatic heterocycles. The molecule has 4 aromatic heterocycles. The molecular formula is C57H34N4O2. The zero-order valence-electron chi connectivity index (χ0n) is 33.7. The molecule has 0 saturated carbocycles. The Morgan fingerprint density at radius 3 is 1.30 bits per heavy atom. The molecule has 0 bridgehead atoms. The lowest BCUT2D eigenvalue weighted by atomic mass is 9.99. The fourth-order valence-electron chi connectivity index (χ4n) is 9.22. The molecule has 4 heterocycles. The molecule has 0 unspecified atom stereocenters. The van der Waals surface area contributed by atoms with Crippen molar-refractivity contribution in [3.05, 3.63) is 206 Å². The first-order chi connectivity index (χ1) is 31.2. The summed E-state index contributed by atoms with van der Waals surface area (Å²) in [6.07, 6.45) is 0. The fourth-order valence-corrected chi connectivity index (χ4v) is 9.22. The maximum Gasteiger partial charge on any atom is 0.164 e. The molecule has 0 aliphatic rings. The molecule has 0 amide bonds. The third-order valence-corrected chi connectivity index (χ3v) is 12.2. The number of rotatable bonds is 6. The Morgan fingerprint density at radius 2 is 0.698 bits per heavy atom. The number of benzene rings is 9. The number of hydrogen-bond acceptors (Lipinski definition) is 5. The summed E-state index contributed by atoms with van der Waals surface area (Å²) in [5, 5.41) is 6.71. The lowest BCUT2D eigenvalue weighted by Crippen LogP contribution is -2.01. The molecular weight excluding hydrogens is 773 g/mol. The van der Waals surface area contributed by atoms with Gasteiger partial charge >= 0.3 is 0 Å². The molecule has 6 heteroatoms. The molecule has 63 heavy (non-hydrogen) atoms. The van der Waals surface area contributed by atoms with Crippen molar-refractivity contribution >= 4 is 65.7 Å². The number of fused-ring (bicyclic) bond motifs is 9. The summed E-state index contributed by atoms with van der Waals surface area (Å²) in [6, 6.07) is 71.8. The maximum atomic E-state index is 6.27. The summed E-state index contributed by atoms with van der Waals surface area (Å²) in [4.78, 5) is 15.4. The Bertz CT molecular complexity index is 3860. The second kappa shape index (κ2) is 14.0. The van der Waals surface area contributed by atoms with Crippen LogP contribution < -0.4 is 0 Å². The monoisotopic (exact) mass is 806 g/mol. The minimum atomic E-state index is 0.589. The predicted molar refractivity (Wildman–Crippen MR) is 256 cm³/mol.